The van der Waals surface area contributed by atoms with Gasteiger partial charge in [-0.3, -0.25) is 0 Å². The van der Waals surface area contributed by atoms with E-state index >= 15 is 0 Å². The van der Waals surface area contributed by atoms with Crippen molar-refractivity contribution in [3.63, 3.8) is 0 Å². The largest absolute Gasteiger partial charge is 0.204 e. The molecule has 0 aliphatic rings. The number of nitrogens with zero attached hydrogens (tertiary/aromatic N) is 2. The Morgan fingerprint density at radius 2 is 2.57 bits per heavy atom. The van der Waals surface area contributed by atoms with Gasteiger partial charge in [0, 0.05) is 17.2 Å². The zero-order valence-electron chi connectivity index (χ0n) is 3.48. The highest BCUT2D eigenvalue weighted by molar-refractivity contribution is 8.67. The molecule has 4 heteroatoms. The summed E-state index contributed by atoms with van der Waals surface area (Å²) >= 11 is 3.89. The molecule has 0 saturated heterocycles. The van der Waals surface area contributed by atoms with Crippen molar-refractivity contribution in [2.75, 3.05) is 0 Å². The van der Waals surface area contributed by atoms with Crippen LogP contribution < -0.4 is 0 Å². The summed E-state index contributed by atoms with van der Waals surface area (Å²) in [4.78, 5) is 0. The van der Waals surface area contributed by atoms with Gasteiger partial charge in [-0.05, 0) is 6.07 Å². The molecule has 0 amide bonds. The Bertz CT molecular complexity index is 125. The van der Waals surface area contributed by atoms with Crippen LogP contribution in [0, 0.1) is 0 Å². The van der Waals surface area contributed by atoms with Gasteiger partial charge in [-0.15, -0.1) is 0 Å². The van der Waals surface area contributed by atoms with E-state index in [0.29, 0.717) is 0 Å². The molecule has 1 aromatic heterocycles. The SMILES string of the molecule is SSn1cccn1. The first-order chi connectivity index (χ1) is 3.43. The van der Waals surface area contributed by atoms with Gasteiger partial charge in [0.05, 0.1) is 6.20 Å². The van der Waals surface area contributed by atoms with Crippen LogP contribution >= 0.6 is 22.6 Å². The first-order valence-electron chi connectivity index (χ1n) is 1.75. The van der Waals surface area contributed by atoms with E-state index in [2.05, 4.69) is 16.8 Å². The predicted octanol–water partition coefficient (Wildman–Crippen LogP) is 1.22. The lowest BCUT2D eigenvalue weighted by Gasteiger charge is -1.84. The average molecular weight is 132 g/mol. The third-order valence-corrected chi connectivity index (χ3v) is 1.45. The van der Waals surface area contributed by atoms with Gasteiger partial charge >= 0.3 is 0 Å². The minimum Gasteiger partial charge on any atom is -0.204 e. The van der Waals surface area contributed by atoms with Gasteiger partial charge in [-0.25, -0.2) is 4.09 Å². The first kappa shape index (κ1) is 5.05. The van der Waals surface area contributed by atoms with Crippen LogP contribution in [-0.4, -0.2) is 9.19 Å². The van der Waals surface area contributed by atoms with Crippen LogP contribution in [0.5, 0.6) is 0 Å². The van der Waals surface area contributed by atoms with Gasteiger partial charge in [-0.1, -0.05) is 11.7 Å². The van der Waals surface area contributed by atoms with Crippen LogP contribution in [0.1, 0.15) is 0 Å². The highest BCUT2D eigenvalue weighted by Gasteiger charge is 1.79. The lowest BCUT2D eigenvalue weighted by Crippen LogP contribution is -1.77. The van der Waals surface area contributed by atoms with Crippen LogP contribution in [0.3, 0.4) is 0 Å². The molecule has 0 fully saturated rings. The van der Waals surface area contributed by atoms with Crippen LogP contribution in [0.15, 0.2) is 18.5 Å². The Kier molecular flexibility index (Phi) is 1.64. The Labute approximate surface area is 50.9 Å². The molecular formula is C3H4N2S2. The number of aromatic nitrogens is 2. The molecule has 0 saturated carbocycles. The second-order valence-corrected chi connectivity index (χ2v) is 2.02. The Morgan fingerprint density at radius 3 is 2.86 bits per heavy atom. The standard InChI is InChI=1S/C3H4N2S2/c6-7-5-3-1-2-4-5/h1-3,6H. The molecule has 0 N–H and O–H groups in total. The lowest BCUT2D eigenvalue weighted by molar-refractivity contribution is 1.02. The zero-order valence-corrected chi connectivity index (χ0v) is 5.19. The van der Waals surface area contributed by atoms with Gasteiger partial charge in [0.15, 0.2) is 0 Å². The van der Waals surface area contributed by atoms with Crippen molar-refractivity contribution in [1.29, 1.82) is 0 Å². The van der Waals surface area contributed by atoms with E-state index in [-0.39, 0.29) is 0 Å². The molecule has 1 heterocycles. The summed E-state index contributed by atoms with van der Waals surface area (Å²) < 4.78 is 1.66. The Hall–Kier alpha value is -0.0900. The van der Waals surface area contributed by atoms with Gasteiger partial charge in [-0.2, -0.15) is 5.10 Å². The van der Waals surface area contributed by atoms with E-state index in [4.69, 9.17) is 0 Å². The fraction of sp³-hybridized carbons (Fsp3) is 0. The molecule has 0 aliphatic heterocycles. The van der Waals surface area contributed by atoms with E-state index in [1.54, 1.807) is 10.3 Å². The Balaban J connectivity index is 2.76. The van der Waals surface area contributed by atoms with Crippen molar-refractivity contribution < 1.29 is 0 Å². The predicted molar refractivity (Wildman–Crippen MR) is 34.2 cm³/mol. The molecule has 1 rings (SSSR count). The maximum atomic E-state index is 3.89. The lowest BCUT2D eigenvalue weighted by atomic mass is 10.8. The highest BCUT2D eigenvalue weighted by atomic mass is 33.1. The third-order valence-electron chi connectivity index (χ3n) is 0.564. The summed E-state index contributed by atoms with van der Waals surface area (Å²) in [5, 5.41) is 3.84. The van der Waals surface area contributed by atoms with Gasteiger partial charge in [0.2, 0.25) is 0 Å². The summed E-state index contributed by atoms with van der Waals surface area (Å²) in [6.07, 6.45) is 3.54. The summed E-state index contributed by atoms with van der Waals surface area (Å²) in [6, 6.07) is 1.85. The van der Waals surface area contributed by atoms with Crippen LogP contribution in [0.2, 0.25) is 0 Å². The summed E-state index contributed by atoms with van der Waals surface area (Å²) in [5.41, 5.74) is 0. The second-order valence-electron chi connectivity index (χ2n) is 0.990. The maximum Gasteiger partial charge on any atom is 0.0500 e. The minimum absolute atomic E-state index is 1.28. The summed E-state index contributed by atoms with van der Waals surface area (Å²) in [5.74, 6) is 0. The van der Waals surface area contributed by atoms with E-state index in [0.717, 1.165) is 0 Å². The van der Waals surface area contributed by atoms with Gasteiger partial charge < -0.3 is 0 Å². The molecule has 0 radical (unpaired) electrons. The Morgan fingerprint density at radius 1 is 1.71 bits per heavy atom. The van der Waals surface area contributed by atoms with Gasteiger partial charge in [0.1, 0.15) is 0 Å². The monoisotopic (exact) mass is 132 g/mol. The molecule has 0 atom stereocenters. The van der Waals surface area contributed by atoms with Crippen molar-refractivity contribution in [2.45, 2.75) is 0 Å². The quantitative estimate of drug-likeness (QED) is 0.457. The van der Waals surface area contributed by atoms with Crippen LogP contribution in [-0.2, 0) is 0 Å². The molecule has 0 aromatic carbocycles. The van der Waals surface area contributed by atoms with Crippen LogP contribution in [0.25, 0.3) is 0 Å². The number of rotatable bonds is 1. The van der Waals surface area contributed by atoms with E-state index in [1.807, 2.05) is 12.3 Å². The number of hydrogen-bond acceptors (Lipinski definition) is 3. The highest BCUT2D eigenvalue weighted by Crippen LogP contribution is 2.05. The van der Waals surface area contributed by atoms with E-state index in [1.165, 1.54) is 11.0 Å². The smallest absolute Gasteiger partial charge is 0.0500 e. The number of hydrogen-bond donors (Lipinski definition) is 1. The third kappa shape index (κ3) is 1.14. The number of thiol groups is 1. The van der Waals surface area contributed by atoms with E-state index < -0.39 is 0 Å². The molecule has 38 valence electrons. The molecule has 0 bridgehead atoms. The van der Waals surface area contributed by atoms with Crippen LogP contribution in [0.4, 0.5) is 0 Å². The minimum atomic E-state index is 1.28. The molecular weight excluding hydrogens is 128 g/mol. The molecule has 0 spiro atoms. The first-order valence-corrected chi connectivity index (χ1v) is 3.57. The van der Waals surface area contributed by atoms with Crippen molar-refractivity contribution in [2.24, 2.45) is 0 Å². The van der Waals surface area contributed by atoms with Crippen molar-refractivity contribution in [1.82, 2.24) is 9.19 Å². The summed E-state index contributed by atoms with van der Waals surface area (Å²) in [6.45, 7) is 0. The molecule has 2 nitrogen and oxygen atoms in total. The molecule has 0 aliphatic carbocycles. The topological polar surface area (TPSA) is 17.8 Å². The maximum absolute atomic E-state index is 3.89. The van der Waals surface area contributed by atoms with Crippen molar-refractivity contribution in [3.05, 3.63) is 18.5 Å². The fourth-order valence-corrected chi connectivity index (χ4v) is 0.814. The van der Waals surface area contributed by atoms with Crippen molar-refractivity contribution in [3.8, 4) is 0 Å². The van der Waals surface area contributed by atoms with Gasteiger partial charge in [0.25, 0.3) is 0 Å². The van der Waals surface area contributed by atoms with Crippen molar-refractivity contribution >= 4 is 22.6 Å². The molecule has 1 aromatic rings. The summed E-state index contributed by atoms with van der Waals surface area (Å²) in [7, 11) is 1.28. The molecule has 7 heavy (non-hydrogen) atoms. The molecule has 0 unspecified atom stereocenters. The fourth-order valence-electron chi connectivity index (χ4n) is 0.303. The second kappa shape index (κ2) is 2.28. The van der Waals surface area contributed by atoms with E-state index in [9.17, 15) is 0 Å². The average Bonchev–Trinajstić information content (AvgIpc) is 2.14. The zero-order chi connectivity index (χ0) is 5.11. The normalized spacial score (nSPS) is 9.29.